The molecule has 1 fully saturated rings. The Bertz CT molecular complexity index is 647. The third-order valence-corrected chi connectivity index (χ3v) is 5.83. The van der Waals surface area contributed by atoms with Crippen LogP contribution in [0.1, 0.15) is 54.2 Å². The molecule has 1 aromatic carbocycles. The van der Waals surface area contributed by atoms with Gasteiger partial charge in [-0.25, -0.2) is 4.98 Å². The average Bonchev–Trinajstić information content (AvgIpc) is 3.02. The van der Waals surface area contributed by atoms with Gasteiger partial charge >= 0.3 is 0 Å². The summed E-state index contributed by atoms with van der Waals surface area (Å²) >= 11 is 1.75. The fraction of sp³-hybridized carbons (Fsp3) is 0.526. The topological polar surface area (TPSA) is 48.4 Å². The molecule has 1 aliphatic heterocycles. The molecule has 0 aliphatic carbocycles. The fourth-order valence-corrected chi connectivity index (χ4v) is 4.00. The Morgan fingerprint density at radius 3 is 2.42 bits per heavy atom. The summed E-state index contributed by atoms with van der Waals surface area (Å²) in [5.74, 6) is 0. The van der Waals surface area contributed by atoms with Crippen molar-refractivity contribution in [3.63, 3.8) is 0 Å². The van der Waals surface area contributed by atoms with E-state index in [-0.39, 0.29) is 18.2 Å². The minimum atomic E-state index is -0.124. The van der Waals surface area contributed by atoms with Crippen LogP contribution in [0, 0.1) is 6.92 Å². The molecule has 2 heterocycles. The van der Waals surface area contributed by atoms with Crippen molar-refractivity contribution >= 4 is 17.0 Å². The Hall–Kier alpha value is -1.43. The lowest BCUT2D eigenvalue weighted by Crippen LogP contribution is -2.35. The van der Waals surface area contributed by atoms with Crippen molar-refractivity contribution in [1.29, 1.82) is 0 Å². The summed E-state index contributed by atoms with van der Waals surface area (Å²) in [5.41, 5.74) is 2.54. The number of rotatable bonds is 5. The maximum Gasteiger partial charge on any atom is 0.109 e. The molecule has 2 atom stereocenters. The predicted molar refractivity (Wildman–Crippen MR) is 101 cm³/mol. The van der Waals surface area contributed by atoms with Gasteiger partial charge in [0.15, 0.2) is 0 Å². The molecule has 24 heavy (non-hydrogen) atoms. The van der Waals surface area contributed by atoms with Crippen LogP contribution in [-0.2, 0) is 0 Å². The first kappa shape index (κ1) is 17.4. The van der Waals surface area contributed by atoms with Gasteiger partial charge in [-0.1, -0.05) is 12.1 Å². The Balaban J connectivity index is 1.60. The fourth-order valence-electron chi connectivity index (χ4n) is 3.21. The van der Waals surface area contributed by atoms with Gasteiger partial charge < -0.3 is 15.3 Å². The van der Waals surface area contributed by atoms with Crippen molar-refractivity contribution in [2.75, 3.05) is 18.0 Å². The molecule has 1 saturated heterocycles. The van der Waals surface area contributed by atoms with Gasteiger partial charge in [0.05, 0.1) is 12.1 Å². The van der Waals surface area contributed by atoms with Crippen LogP contribution in [0.25, 0.3) is 0 Å². The number of piperidine rings is 1. The summed E-state index contributed by atoms with van der Waals surface area (Å²) in [6.45, 7) is 8.34. The van der Waals surface area contributed by atoms with Crippen molar-refractivity contribution in [1.82, 2.24) is 10.3 Å². The molecule has 0 amide bonds. The maximum absolute atomic E-state index is 9.63. The molecular formula is C19H27N3OS. The standard InChI is InChI=1S/C19H27N3OS/c1-13-12-20-19(24-13)15(3)21-14(2)16-4-6-17(7-5-16)22-10-8-18(23)9-11-22/h4-7,12,14-15,18,21,23H,8-11H2,1-3H3. The zero-order chi connectivity index (χ0) is 17.1. The molecule has 4 nitrogen and oxygen atoms in total. The Morgan fingerprint density at radius 2 is 1.83 bits per heavy atom. The Morgan fingerprint density at radius 1 is 1.17 bits per heavy atom. The third kappa shape index (κ3) is 4.15. The van der Waals surface area contributed by atoms with E-state index in [1.807, 2.05) is 6.20 Å². The second-order valence-electron chi connectivity index (χ2n) is 6.73. The first-order valence-electron chi connectivity index (χ1n) is 8.74. The van der Waals surface area contributed by atoms with Crippen LogP contribution in [0.4, 0.5) is 5.69 Å². The van der Waals surface area contributed by atoms with Crippen LogP contribution >= 0.6 is 11.3 Å². The zero-order valence-corrected chi connectivity index (χ0v) is 15.5. The van der Waals surface area contributed by atoms with Crippen LogP contribution < -0.4 is 10.2 Å². The van der Waals surface area contributed by atoms with Gasteiger partial charge in [0.25, 0.3) is 0 Å². The largest absolute Gasteiger partial charge is 0.393 e. The van der Waals surface area contributed by atoms with Crippen LogP contribution in [0.2, 0.25) is 0 Å². The summed E-state index contributed by atoms with van der Waals surface area (Å²) in [7, 11) is 0. The number of anilines is 1. The van der Waals surface area contributed by atoms with Gasteiger partial charge in [0.1, 0.15) is 5.01 Å². The van der Waals surface area contributed by atoms with E-state index in [2.05, 4.69) is 60.2 Å². The van der Waals surface area contributed by atoms with Crippen LogP contribution in [0.15, 0.2) is 30.5 Å². The number of hydrogen-bond acceptors (Lipinski definition) is 5. The van der Waals surface area contributed by atoms with E-state index < -0.39 is 0 Å². The van der Waals surface area contributed by atoms with Crippen molar-refractivity contribution in [2.45, 2.75) is 51.8 Å². The molecule has 1 aliphatic rings. The van der Waals surface area contributed by atoms with Crippen molar-refractivity contribution in [2.24, 2.45) is 0 Å². The first-order valence-corrected chi connectivity index (χ1v) is 9.56. The Kier molecular flexibility index (Phi) is 5.54. The van der Waals surface area contributed by atoms with E-state index in [9.17, 15) is 5.11 Å². The SMILES string of the molecule is Cc1cnc(C(C)NC(C)c2ccc(N3CCC(O)CC3)cc2)s1. The van der Waals surface area contributed by atoms with Crippen LogP contribution in [0.3, 0.4) is 0 Å². The number of aryl methyl sites for hydroxylation is 1. The summed E-state index contributed by atoms with van der Waals surface area (Å²) in [4.78, 5) is 8.08. The molecule has 3 rings (SSSR count). The van der Waals surface area contributed by atoms with Gasteiger partial charge in [-0.15, -0.1) is 11.3 Å². The number of nitrogens with zero attached hydrogens (tertiary/aromatic N) is 2. The number of aliphatic hydroxyl groups excluding tert-OH is 1. The quantitative estimate of drug-likeness (QED) is 0.865. The van der Waals surface area contributed by atoms with Gasteiger partial charge in [-0.3, -0.25) is 0 Å². The highest BCUT2D eigenvalue weighted by Gasteiger charge is 2.18. The predicted octanol–water partition coefficient (Wildman–Crippen LogP) is 3.82. The summed E-state index contributed by atoms with van der Waals surface area (Å²) in [6.07, 6.45) is 3.54. The van der Waals surface area contributed by atoms with Crippen LogP contribution in [0.5, 0.6) is 0 Å². The monoisotopic (exact) mass is 345 g/mol. The highest BCUT2D eigenvalue weighted by atomic mass is 32.1. The average molecular weight is 346 g/mol. The summed E-state index contributed by atoms with van der Waals surface area (Å²) < 4.78 is 0. The third-order valence-electron chi connectivity index (χ3n) is 4.73. The zero-order valence-electron chi connectivity index (χ0n) is 14.7. The molecule has 2 N–H and O–H groups in total. The molecule has 0 bridgehead atoms. The molecule has 2 unspecified atom stereocenters. The molecule has 5 heteroatoms. The second kappa shape index (κ2) is 7.64. The number of aliphatic hydroxyl groups is 1. The molecule has 1 aromatic heterocycles. The maximum atomic E-state index is 9.63. The number of hydrogen-bond donors (Lipinski definition) is 2. The van der Waals surface area contributed by atoms with E-state index >= 15 is 0 Å². The van der Waals surface area contributed by atoms with Gasteiger partial charge in [0, 0.05) is 35.9 Å². The van der Waals surface area contributed by atoms with Crippen molar-refractivity contribution in [3.05, 3.63) is 45.9 Å². The van der Waals surface area contributed by atoms with Gasteiger partial charge in [-0.05, 0) is 51.3 Å². The van der Waals surface area contributed by atoms with E-state index in [1.54, 1.807) is 11.3 Å². The first-order chi connectivity index (χ1) is 11.5. The smallest absolute Gasteiger partial charge is 0.109 e. The second-order valence-corrected chi connectivity index (χ2v) is 8.00. The van der Waals surface area contributed by atoms with E-state index in [4.69, 9.17) is 0 Å². The molecule has 130 valence electrons. The Labute approximate surface area is 148 Å². The van der Waals surface area contributed by atoms with E-state index in [0.717, 1.165) is 30.9 Å². The van der Waals surface area contributed by atoms with Crippen molar-refractivity contribution < 1.29 is 5.11 Å². The molecule has 0 saturated carbocycles. The van der Waals surface area contributed by atoms with Crippen molar-refractivity contribution in [3.8, 4) is 0 Å². The lowest BCUT2D eigenvalue weighted by atomic mass is 10.0. The molecule has 0 radical (unpaired) electrons. The molecule has 2 aromatic rings. The summed E-state index contributed by atoms with van der Waals surface area (Å²) in [5, 5.41) is 14.4. The summed E-state index contributed by atoms with van der Waals surface area (Å²) in [6, 6.07) is 9.34. The number of thiazole rings is 1. The normalized spacial score (nSPS) is 18.6. The lowest BCUT2D eigenvalue weighted by Gasteiger charge is -2.31. The van der Waals surface area contributed by atoms with Gasteiger partial charge in [0.2, 0.25) is 0 Å². The van der Waals surface area contributed by atoms with E-state index in [0.29, 0.717) is 0 Å². The highest BCUT2D eigenvalue weighted by Crippen LogP contribution is 2.25. The molecular weight excluding hydrogens is 318 g/mol. The van der Waals surface area contributed by atoms with Crippen LogP contribution in [-0.4, -0.2) is 29.3 Å². The lowest BCUT2D eigenvalue weighted by molar-refractivity contribution is 0.145. The van der Waals surface area contributed by atoms with Gasteiger partial charge in [-0.2, -0.15) is 0 Å². The number of benzene rings is 1. The van der Waals surface area contributed by atoms with E-state index in [1.165, 1.54) is 16.1 Å². The minimum Gasteiger partial charge on any atom is -0.393 e. The number of nitrogens with one attached hydrogen (secondary N) is 1. The minimum absolute atomic E-state index is 0.124. The highest BCUT2D eigenvalue weighted by molar-refractivity contribution is 7.11. The number of aromatic nitrogens is 1. The molecule has 0 spiro atoms.